The number of carbonyl (C=O) groups is 2. The Kier molecular flexibility index (Phi) is 5.77. The van der Waals surface area contributed by atoms with Gasteiger partial charge in [-0.25, -0.2) is 0 Å². The summed E-state index contributed by atoms with van der Waals surface area (Å²) in [6.45, 7) is 5.45. The number of nitrogens with zero attached hydrogens (tertiary/aromatic N) is 1. The first-order chi connectivity index (χ1) is 12.0. The van der Waals surface area contributed by atoms with E-state index in [0.29, 0.717) is 25.6 Å². The van der Waals surface area contributed by atoms with Gasteiger partial charge < -0.3 is 10.2 Å². The molecule has 1 saturated carbocycles. The first kappa shape index (κ1) is 18.0. The van der Waals surface area contributed by atoms with Crippen molar-refractivity contribution in [1.82, 2.24) is 10.2 Å². The summed E-state index contributed by atoms with van der Waals surface area (Å²) in [5.74, 6) is 0.795. The summed E-state index contributed by atoms with van der Waals surface area (Å²) in [5.41, 5.74) is 2.34. The van der Waals surface area contributed by atoms with E-state index in [-0.39, 0.29) is 17.7 Å². The topological polar surface area (TPSA) is 49.4 Å². The second-order valence-corrected chi connectivity index (χ2v) is 7.80. The molecule has 1 saturated heterocycles. The Balaban J connectivity index is 1.49. The van der Waals surface area contributed by atoms with Crippen molar-refractivity contribution < 1.29 is 9.59 Å². The number of carbonyl (C=O) groups excluding carboxylic acids is 2. The smallest absolute Gasteiger partial charge is 0.225 e. The second-order valence-electron chi connectivity index (χ2n) is 7.80. The molecule has 4 heteroatoms. The molecule has 1 heterocycles. The van der Waals surface area contributed by atoms with E-state index in [1.165, 1.54) is 24.8 Å². The summed E-state index contributed by atoms with van der Waals surface area (Å²) in [6, 6.07) is 8.54. The Morgan fingerprint density at radius 2 is 1.84 bits per heavy atom. The first-order valence-corrected chi connectivity index (χ1v) is 9.68. The molecule has 2 amide bonds. The summed E-state index contributed by atoms with van der Waals surface area (Å²) < 4.78 is 0. The van der Waals surface area contributed by atoms with Crippen LogP contribution >= 0.6 is 0 Å². The zero-order valence-electron chi connectivity index (χ0n) is 15.5. The van der Waals surface area contributed by atoms with Gasteiger partial charge in [-0.15, -0.1) is 0 Å². The van der Waals surface area contributed by atoms with Gasteiger partial charge in [0.1, 0.15) is 0 Å². The lowest BCUT2D eigenvalue weighted by atomic mass is 9.84. The Morgan fingerprint density at radius 1 is 1.16 bits per heavy atom. The number of benzene rings is 1. The van der Waals surface area contributed by atoms with Crippen LogP contribution in [0.25, 0.3) is 0 Å². The summed E-state index contributed by atoms with van der Waals surface area (Å²) in [6.07, 6.45) is 6.18. The highest BCUT2D eigenvalue weighted by Gasteiger charge is 2.35. The number of nitrogens with one attached hydrogen (secondary N) is 1. The zero-order valence-corrected chi connectivity index (χ0v) is 15.5. The SMILES string of the molecule is CCC1CCC(NC(=O)C2CC(=O)N(Cc3ccc(C)cc3)C2)CC1. The van der Waals surface area contributed by atoms with E-state index in [9.17, 15) is 9.59 Å². The largest absolute Gasteiger partial charge is 0.353 e. The first-order valence-electron chi connectivity index (χ1n) is 9.68. The molecule has 1 aliphatic heterocycles. The molecular formula is C21H30N2O2. The summed E-state index contributed by atoms with van der Waals surface area (Å²) in [4.78, 5) is 26.7. The van der Waals surface area contributed by atoms with E-state index in [4.69, 9.17) is 0 Å². The predicted octanol–water partition coefficient (Wildman–Crippen LogP) is 3.43. The standard InChI is InChI=1S/C21H30N2O2/c1-3-16-8-10-19(11-9-16)22-21(25)18-12-20(24)23(14-18)13-17-6-4-15(2)5-7-17/h4-7,16,18-19H,3,8-14H2,1-2H3,(H,22,25). The molecule has 2 aliphatic rings. The average Bonchev–Trinajstić information content (AvgIpc) is 2.98. The van der Waals surface area contributed by atoms with E-state index < -0.39 is 0 Å². The Labute approximate surface area is 151 Å². The van der Waals surface area contributed by atoms with E-state index in [1.54, 1.807) is 0 Å². The van der Waals surface area contributed by atoms with E-state index >= 15 is 0 Å². The van der Waals surface area contributed by atoms with Gasteiger partial charge in [0.25, 0.3) is 0 Å². The molecule has 0 spiro atoms. The van der Waals surface area contributed by atoms with Gasteiger partial charge in [-0.2, -0.15) is 0 Å². The molecule has 2 fully saturated rings. The Hall–Kier alpha value is -1.84. The Morgan fingerprint density at radius 3 is 2.48 bits per heavy atom. The molecule has 1 aromatic carbocycles. The quantitative estimate of drug-likeness (QED) is 0.891. The van der Waals surface area contributed by atoms with E-state index in [1.807, 2.05) is 4.90 Å². The molecule has 25 heavy (non-hydrogen) atoms. The van der Waals surface area contributed by atoms with Crippen molar-refractivity contribution in [2.45, 2.75) is 65.0 Å². The van der Waals surface area contributed by atoms with Gasteiger partial charge in [-0.3, -0.25) is 9.59 Å². The van der Waals surface area contributed by atoms with Crippen molar-refractivity contribution in [3.63, 3.8) is 0 Å². The third-order valence-electron chi connectivity index (χ3n) is 5.85. The van der Waals surface area contributed by atoms with Crippen LogP contribution in [0.2, 0.25) is 0 Å². The monoisotopic (exact) mass is 342 g/mol. The van der Waals surface area contributed by atoms with Crippen molar-refractivity contribution in [2.24, 2.45) is 11.8 Å². The molecule has 1 aliphatic carbocycles. The van der Waals surface area contributed by atoms with Crippen LogP contribution in [0.4, 0.5) is 0 Å². The maximum Gasteiger partial charge on any atom is 0.225 e. The summed E-state index contributed by atoms with van der Waals surface area (Å²) in [5, 5.41) is 3.20. The molecular weight excluding hydrogens is 312 g/mol. The van der Waals surface area contributed by atoms with Gasteiger partial charge in [-0.1, -0.05) is 43.2 Å². The second kappa shape index (κ2) is 8.03. The van der Waals surface area contributed by atoms with Gasteiger partial charge in [0.15, 0.2) is 0 Å². The van der Waals surface area contributed by atoms with Crippen LogP contribution in [0.3, 0.4) is 0 Å². The van der Waals surface area contributed by atoms with Gasteiger partial charge >= 0.3 is 0 Å². The van der Waals surface area contributed by atoms with E-state index in [2.05, 4.69) is 43.4 Å². The summed E-state index contributed by atoms with van der Waals surface area (Å²) >= 11 is 0. The number of amides is 2. The molecule has 0 bridgehead atoms. The third-order valence-corrected chi connectivity index (χ3v) is 5.85. The van der Waals surface area contributed by atoms with Crippen LogP contribution < -0.4 is 5.32 Å². The lowest BCUT2D eigenvalue weighted by Crippen LogP contribution is -2.41. The minimum atomic E-state index is -0.193. The van der Waals surface area contributed by atoms with Crippen molar-refractivity contribution in [3.05, 3.63) is 35.4 Å². The average molecular weight is 342 g/mol. The highest BCUT2D eigenvalue weighted by atomic mass is 16.2. The maximum atomic E-state index is 12.6. The number of likely N-dealkylation sites (tertiary alicyclic amines) is 1. The zero-order chi connectivity index (χ0) is 17.8. The minimum Gasteiger partial charge on any atom is -0.353 e. The molecule has 0 radical (unpaired) electrons. The Bertz CT molecular complexity index is 603. The van der Waals surface area contributed by atoms with Crippen molar-refractivity contribution >= 4 is 11.8 Å². The van der Waals surface area contributed by atoms with Gasteiger partial charge in [0.2, 0.25) is 11.8 Å². The van der Waals surface area contributed by atoms with Crippen LogP contribution in [0.5, 0.6) is 0 Å². The molecule has 1 atom stereocenters. The molecule has 4 nitrogen and oxygen atoms in total. The molecule has 0 aromatic heterocycles. The molecule has 1 aromatic rings. The van der Waals surface area contributed by atoms with Gasteiger partial charge in [-0.05, 0) is 44.1 Å². The number of hydrogen-bond donors (Lipinski definition) is 1. The van der Waals surface area contributed by atoms with Gasteiger partial charge in [0.05, 0.1) is 5.92 Å². The van der Waals surface area contributed by atoms with Crippen LogP contribution in [0.15, 0.2) is 24.3 Å². The lowest BCUT2D eigenvalue weighted by Gasteiger charge is -2.29. The number of hydrogen-bond acceptors (Lipinski definition) is 2. The van der Waals surface area contributed by atoms with Crippen molar-refractivity contribution in [1.29, 1.82) is 0 Å². The highest BCUT2D eigenvalue weighted by molar-refractivity contribution is 5.89. The fourth-order valence-electron chi connectivity index (χ4n) is 4.05. The molecule has 1 unspecified atom stereocenters. The fourth-order valence-corrected chi connectivity index (χ4v) is 4.05. The lowest BCUT2D eigenvalue weighted by molar-refractivity contribution is -0.129. The molecule has 136 valence electrons. The minimum absolute atomic E-state index is 0.0692. The van der Waals surface area contributed by atoms with Crippen LogP contribution in [0, 0.1) is 18.8 Å². The third kappa shape index (κ3) is 4.62. The molecule has 1 N–H and O–H groups in total. The van der Waals surface area contributed by atoms with Gasteiger partial charge in [0, 0.05) is 25.6 Å². The van der Waals surface area contributed by atoms with E-state index in [0.717, 1.165) is 24.3 Å². The fraction of sp³-hybridized carbons (Fsp3) is 0.619. The number of aryl methyl sites for hydroxylation is 1. The van der Waals surface area contributed by atoms with Crippen LogP contribution in [-0.4, -0.2) is 29.3 Å². The molecule has 3 rings (SSSR count). The van der Waals surface area contributed by atoms with Crippen molar-refractivity contribution in [3.8, 4) is 0 Å². The number of rotatable bonds is 5. The maximum absolute atomic E-state index is 12.6. The predicted molar refractivity (Wildman–Crippen MR) is 98.9 cm³/mol. The van der Waals surface area contributed by atoms with Crippen LogP contribution in [0.1, 0.15) is 56.6 Å². The normalized spacial score (nSPS) is 26.7. The van der Waals surface area contributed by atoms with Crippen molar-refractivity contribution in [2.75, 3.05) is 6.54 Å². The van der Waals surface area contributed by atoms with Crippen LogP contribution in [-0.2, 0) is 16.1 Å². The summed E-state index contributed by atoms with van der Waals surface area (Å²) in [7, 11) is 0. The highest BCUT2D eigenvalue weighted by Crippen LogP contribution is 2.27.